The van der Waals surface area contributed by atoms with Crippen LogP contribution in [0, 0.1) is 5.92 Å². The van der Waals surface area contributed by atoms with E-state index in [2.05, 4.69) is 6.58 Å². The second-order valence-corrected chi connectivity index (χ2v) is 3.49. The normalized spacial score (nSPS) is 15.4. The van der Waals surface area contributed by atoms with Crippen molar-refractivity contribution in [3.8, 4) is 0 Å². The van der Waals surface area contributed by atoms with Crippen molar-refractivity contribution in [1.82, 2.24) is 0 Å². The van der Waals surface area contributed by atoms with Crippen LogP contribution in [0.1, 0.15) is 19.4 Å². The standard InChI is InChI=1S/C12H15F/c1-4-12(13,10(2)3)11-8-6-5-7-9-11/h4-10H,1H2,2-3H3. The lowest BCUT2D eigenvalue weighted by Crippen LogP contribution is -2.23. The van der Waals surface area contributed by atoms with Crippen LogP contribution in [-0.4, -0.2) is 0 Å². The molecular weight excluding hydrogens is 163 g/mol. The van der Waals surface area contributed by atoms with E-state index in [-0.39, 0.29) is 5.92 Å². The molecule has 0 aliphatic carbocycles. The average molecular weight is 178 g/mol. The molecule has 70 valence electrons. The maximum absolute atomic E-state index is 14.3. The molecule has 0 amide bonds. The summed E-state index contributed by atoms with van der Waals surface area (Å²) in [6.07, 6.45) is 1.38. The Morgan fingerprint density at radius 1 is 1.31 bits per heavy atom. The van der Waals surface area contributed by atoms with Crippen molar-refractivity contribution in [2.24, 2.45) is 5.92 Å². The monoisotopic (exact) mass is 178 g/mol. The number of rotatable bonds is 3. The van der Waals surface area contributed by atoms with Gasteiger partial charge in [-0.25, -0.2) is 4.39 Å². The zero-order valence-corrected chi connectivity index (χ0v) is 8.13. The second kappa shape index (κ2) is 3.73. The van der Waals surface area contributed by atoms with Gasteiger partial charge in [0, 0.05) is 0 Å². The molecule has 1 aromatic rings. The minimum Gasteiger partial charge on any atom is -0.234 e. The number of hydrogen-bond acceptors (Lipinski definition) is 0. The number of halogens is 1. The van der Waals surface area contributed by atoms with Crippen LogP contribution in [-0.2, 0) is 5.67 Å². The maximum Gasteiger partial charge on any atom is 0.156 e. The Morgan fingerprint density at radius 2 is 1.85 bits per heavy atom. The molecule has 0 saturated carbocycles. The summed E-state index contributed by atoms with van der Waals surface area (Å²) in [7, 11) is 0. The van der Waals surface area contributed by atoms with Crippen molar-refractivity contribution < 1.29 is 4.39 Å². The molecule has 1 rings (SSSR count). The molecule has 1 unspecified atom stereocenters. The second-order valence-electron chi connectivity index (χ2n) is 3.49. The van der Waals surface area contributed by atoms with Crippen molar-refractivity contribution in [2.45, 2.75) is 19.5 Å². The van der Waals surface area contributed by atoms with Gasteiger partial charge in [-0.15, -0.1) is 0 Å². The van der Waals surface area contributed by atoms with E-state index >= 15 is 0 Å². The van der Waals surface area contributed by atoms with Gasteiger partial charge in [-0.3, -0.25) is 0 Å². The molecule has 13 heavy (non-hydrogen) atoms. The van der Waals surface area contributed by atoms with E-state index in [4.69, 9.17) is 0 Å². The Morgan fingerprint density at radius 3 is 2.23 bits per heavy atom. The summed E-state index contributed by atoms with van der Waals surface area (Å²) < 4.78 is 14.3. The molecule has 0 bridgehead atoms. The van der Waals surface area contributed by atoms with E-state index in [0.717, 1.165) is 0 Å². The third-order valence-corrected chi connectivity index (χ3v) is 2.35. The first-order valence-electron chi connectivity index (χ1n) is 4.49. The van der Waals surface area contributed by atoms with Crippen LogP contribution in [0.5, 0.6) is 0 Å². The summed E-state index contributed by atoms with van der Waals surface area (Å²) in [5.41, 5.74) is -0.721. The molecule has 1 heteroatoms. The molecule has 0 heterocycles. The summed E-state index contributed by atoms with van der Waals surface area (Å²) in [6.45, 7) is 7.27. The van der Waals surface area contributed by atoms with E-state index in [0.29, 0.717) is 5.56 Å². The van der Waals surface area contributed by atoms with Gasteiger partial charge in [-0.05, 0) is 11.5 Å². The lowest BCUT2D eigenvalue weighted by molar-refractivity contribution is 0.161. The maximum atomic E-state index is 14.3. The molecule has 0 fully saturated rings. The summed E-state index contributed by atoms with van der Waals surface area (Å²) >= 11 is 0. The van der Waals surface area contributed by atoms with Crippen LogP contribution in [0.25, 0.3) is 0 Å². The quantitative estimate of drug-likeness (QED) is 0.619. The summed E-state index contributed by atoms with van der Waals surface area (Å²) in [5.74, 6) is -0.0904. The van der Waals surface area contributed by atoms with Crippen LogP contribution >= 0.6 is 0 Å². The fourth-order valence-electron chi connectivity index (χ4n) is 1.38. The highest BCUT2D eigenvalue weighted by molar-refractivity contribution is 5.27. The van der Waals surface area contributed by atoms with Gasteiger partial charge in [0.05, 0.1) is 0 Å². The fraction of sp³-hybridized carbons (Fsp3) is 0.333. The Kier molecular flexibility index (Phi) is 2.86. The molecule has 0 spiro atoms. The Balaban J connectivity index is 3.10. The van der Waals surface area contributed by atoms with Gasteiger partial charge in [0.1, 0.15) is 0 Å². The predicted octanol–water partition coefficient (Wildman–Crippen LogP) is 3.69. The average Bonchev–Trinajstić information content (AvgIpc) is 2.17. The molecular formula is C12H15F. The fourth-order valence-corrected chi connectivity index (χ4v) is 1.38. The number of hydrogen-bond donors (Lipinski definition) is 0. The molecule has 0 aliphatic rings. The minimum atomic E-state index is -1.40. The zero-order chi connectivity index (χ0) is 9.90. The Bertz CT molecular complexity index is 276. The highest BCUT2D eigenvalue weighted by Crippen LogP contribution is 2.34. The van der Waals surface area contributed by atoms with Crippen LogP contribution in [0.3, 0.4) is 0 Å². The molecule has 1 atom stereocenters. The molecule has 0 aliphatic heterocycles. The number of benzene rings is 1. The Labute approximate surface area is 79.1 Å². The van der Waals surface area contributed by atoms with Gasteiger partial charge >= 0.3 is 0 Å². The van der Waals surface area contributed by atoms with Gasteiger partial charge in [0.25, 0.3) is 0 Å². The minimum absolute atomic E-state index is 0.0904. The molecule has 0 N–H and O–H groups in total. The van der Waals surface area contributed by atoms with Crippen molar-refractivity contribution in [3.05, 3.63) is 48.6 Å². The molecule has 0 saturated heterocycles. The largest absolute Gasteiger partial charge is 0.234 e. The van der Waals surface area contributed by atoms with Crippen molar-refractivity contribution in [3.63, 3.8) is 0 Å². The van der Waals surface area contributed by atoms with Gasteiger partial charge in [-0.2, -0.15) is 0 Å². The zero-order valence-electron chi connectivity index (χ0n) is 8.13. The van der Waals surface area contributed by atoms with Gasteiger partial charge in [0.15, 0.2) is 5.67 Å². The lowest BCUT2D eigenvalue weighted by atomic mass is 9.85. The molecule has 1 aromatic carbocycles. The van der Waals surface area contributed by atoms with Crippen LogP contribution in [0.2, 0.25) is 0 Å². The van der Waals surface area contributed by atoms with Crippen molar-refractivity contribution in [2.75, 3.05) is 0 Å². The summed E-state index contributed by atoms with van der Waals surface area (Å²) in [4.78, 5) is 0. The van der Waals surface area contributed by atoms with Gasteiger partial charge in [-0.1, -0.05) is 56.8 Å². The van der Waals surface area contributed by atoms with Crippen molar-refractivity contribution >= 4 is 0 Å². The summed E-state index contributed by atoms with van der Waals surface area (Å²) in [6, 6.07) is 9.15. The third-order valence-electron chi connectivity index (χ3n) is 2.35. The first-order chi connectivity index (χ1) is 6.11. The lowest BCUT2D eigenvalue weighted by Gasteiger charge is -2.26. The number of allylic oxidation sites excluding steroid dienone is 1. The van der Waals surface area contributed by atoms with Crippen LogP contribution in [0.4, 0.5) is 4.39 Å². The van der Waals surface area contributed by atoms with Crippen LogP contribution in [0.15, 0.2) is 43.0 Å². The SMILES string of the molecule is C=CC(F)(c1ccccc1)C(C)C. The number of alkyl halides is 1. The van der Waals surface area contributed by atoms with Gasteiger partial charge < -0.3 is 0 Å². The highest BCUT2D eigenvalue weighted by Gasteiger charge is 2.31. The topological polar surface area (TPSA) is 0 Å². The van der Waals surface area contributed by atoms with E-state index in [1.54, 1.807) is 12.1 Å². The van der Waals surface area contributed by atoms with E-state index in [9.17, 15) is 4.39 Å². The first kappa shape index (κ1) is 9.97. The van der Waals surface area contributed by atoms with Crippen LogP contribution < -0.4 is 0 Å². The molecule has 0 nitrogen and oxygen atoms in total. The van der Waals surface area contributed by atoms with E-state index in [1.807, 2.05) is 32.0 Å². The van der Waals surface area contributed by atoms with E-state index < -0.39 is 5.67 Å². The van der Waals surface area contributed by atoms with E-state index in [1.165, 1.54) is 6.08 Å². The molecule has 0 radical (unpaired) electrons. The van der Waals surface area contributed by atoms with Crippen molar-refractivity contribution in [1.29, 1.82) is 0 Å². The molecule has 0 aromatic heterocycles. The smallest absolute Gasteiger partial charge is 0.156 e. The first-order valence-corrected chi connectivity index (χ1v) is 4.49. The summed E-state index contributed by atoms with van der Waals surface area (Å²) in [5, 5.41) is 0. The Hall–Kier alpha value is -1.11. The predicted molar refractivity (Wildman–Crippen MR) is 54.3 cm³/mol. The highest BCUT2D eigenvalue weighted by atomic mass is 19.1. The third kappa shape index (κ3) is 1.80. The van der Waals surface area contributed by atoms with Gasteiger partial charge in [0.2, 0.25) is 0 Å².